The summed E-state index contributed by atoms with van der Waals surface area (Å²) < 4.78 is 41.0. The number of anilines is 1. The Labute approximate surface area is 209 Å². The Kier molecular flexibility index (Phi) is 11.7. The molecule has 13 heteroatoms. The molecule has 1 aromatic rings. The number of nitrogens with zero attached hydrogens (tertiary/aromatic N) is 2. The van der Waals surface area contributed by atoms with E-state index in [1.165, 1.54) is 6.07 Å². The van der Waals surface area contributed by atoms with E-state index in [2.05, 4.69) is 10.3 Å². The summed E-state index contributed by atoms with van der Waals surface area (Å²) in [6.07, 6.45) is -1.97. The lowest BCUT2D eigenvalue weighted by Crippen LogP contribution is -2.48. The Morgan fingerprint density at radius 3 is 2.40 bits per heavy atom. The first kappa shape index (κ1) is 30.9. The monoisotopic (exact) mass is 524 g/mol. The van der Waals surface area contributed by atoms with Crippen molar-refractivity contribution in [3.63, 3.8) is 0 Å². The number of hydrogen-bond donors (Lipinski definition) is 3. The zero-order valence-electron chi connectivity index (χ0n) is 20.3. The molecule has 0 aromatic carbocycles. The Bertz CT molecular complexity index is 910. The minimum Gasteiger partial charge on any atom is -0.452 e. The summed E-state index contributed by atoms with van der Waals surface area (Å²) in [5, 5.41) is 12.1. The summed E-state index contributed by atoms with van der Waals surface area (Å²) in [5.74, 6) is -5.93. The van der Waals surface area contributed by atoms with E-state index in [9.17, 15) is 19.5 Å². The maximum atomic E-state index is 15.2. The van der Waals surface area contributed by atoms with Crippen LogP contribution in [0.2, 0.25) is 0 Å². The van der Waals surface area contributed by atoms with Crippen molar-refractivity contribution in [1.82, 2.24) is 9.55 Å². The molecule has 35 heavy (non-hydrogen) atoms. The predicted molar refractivity (Wildman–Crippen MR) is 126 cm³/mol. The van der Waals surface area contributed by atoms with Crippen molar-refractivity contribution >= 4 is 30.1 Å². The standard InChI is InChI=1S/C22H34F2N4O6.ClH/c1-5-7-13(8-6-2)18(30)26-15-9-10-28(21(32)27-15)20-22(23,24)17(14(11-29)33-20)34-19(31)16(25)12(3)4;/h9-10,12-14,16-17,20,29H,5-8,11,25H2,1-4H3,(H,26,27,30,32);1H/t14?,16-,17?,20?;/m0./s1. The van der Waals surface area contributed by atoms with Crippen molar-refractivity contribution in [1.29, 1.82) is 0 Å². The number of nitrogens with two attached hydrogens (primary N) is 1. The summed E-state index contributed by atoms with van der Waals surface area (Å²) in [6, 6.07) is 0.0565. The molecule has 1 aliphatic rings. The Hall–Kier alpha value is -2.15. The van der Waals surface area contributed by atoms with Crippen LogP contribution in [0.1, 0.15) is 59.6 Å². The van der Waals surface area contributed by atoms with Gasteiger partial charge in [-0.05, 0) is 24.8 Å². The number of rotatable bonds is 11. The molecular formula is C22H35ClF2N4O6. The quantitative estimate of drug-likeness (QED) is 0.373. The normalized spacial score (nSPS) is 22.1. The first-order valence-corrected chi connectivity index (χ1v) is 11.5. The van der Waals surface area contributed by atoms with Crippen LogP contribution in [0.5, 0.6) is 0 Å². The number of amides is 1. The Morgan fingerprint density at radius 1 is 1.31 bits per heavy atom. The molecule has 4 atom stereocenters. The molecule has 0 radical (unpaired) electrons. The van der Waals surface area contributed by atoms with Crippen molar-refractivity contribution in [3.05, 3.63) is 22.7 Å². The summed E-state index contributed by atoms with van der Waals surface area (Å²) in [5.41, 5.74) is 4.57. The number of hydrogen-bond acceptors (Lipinski definition) is 8. The molecule has 0 bridgehead atoms. The highest BCUT2D eigenvalue weighted by atomic mass is 35.5. The van der Waals surface area contributed by atoms with E-state index in [0.29, 0.717) is 17.4 Å². The minimum absolute atomic E-state index is 0. The number of carbonyl (C=O) groups excluding carboxylic acids is 2. The van der Waals surface area contributed by atoms with Gasteiger partial charge in [-0.3, -0.25) is 14.2 Å². The zero-order chi connectivity index (χ0) is 25.6. The summed E-state index contributed by atoms with van der Waals surface area (Å²) in [4.78, 5) is 40.9. The minimum atomic E-state index is -3.87. The van der Waals surface area contributed by atoms with Gasteiger partial charge in [-0.15, -0.1) is 12.4 Å². The lowest BCUT2D eigenvalue weighted by Gasteiger charge is -2.25. The number of aromatic nitrogens is 2. The topological polar surface area (TPSA) is 146 Å². The molecule has 10 nitrogen and oxygen atoms in total. The number of aliphatic hydroxyl groups excluding tert-OH is 1. The molecule has 1 aliphatic heterocycles. The Balaban J connectivity index is 0.00000612. The molecule has 1 aromatic heterocycles. The fourth-order valence-electron chi connectivity index (χ4n) is 3.73. The fourth-order valence-corrected chi connectivity index (χ4v) is 3.73. The second kappa shape index (κ2) is 13.2. The highest BCUT2D eigenvalue weighted by Gasteiger charge is 2.62. The highest BCUT2D eigenvalue weighted by Crippen LogP contribution is 2.44. The van der Waals surface area contributed by atoms with E-state index < -0.39 is 48.7 Å². The molecule has 200 valence electrons. The van der Waals surface area contributed by atoms with E-state index >= 15 is 8.78 Å². The Morgan fingerprint density at radius 2 is 1.91 bits per heavy atom. The van der Waals surface area contributed by atoms with E-state index in [0.717, 1.165) is 19.0 Å². The predicted octanol–water partition coefficient (Wildman–Crippen LogP) is 2.24. The van der Waals surface area contributed by atoms with Crippen LogP contribution in [0.4, 0.5) is 14.6 Å². The maximum absolute atomic E-state index is 15.2. The van der Waals surface area contributed by atoms with E-state index in [4.69, 9.17) is 15.2 Å². The van der Waals surface area contributed by atoms with Gasteiger partial charge < -0.3 is 25.6 Å². The van der Waals surface area contributed by atoms with Crippen molar-refractivity contribution in [2.45, 2.75) is 83.8 Å². The van der Waals surface area contributed by atoms with E-state index in [-0.39, 0.29) is 36.0 Å². The molecular weight excluding hydrogens is 490 g/mol. The number of carbonyl (C=O) groups is 2. The number of alkyl halides is 2. The average molecular weight is 525 g/mol. The zero-order valence-corrected chi connectivity index (χ0v) is 21.1. The van der Waals surface area contributed by atoms with Crippen LogP contribution in [0.3, 0.4) is 0 Å². The van der Waals surface area contributed by atoms with Crippen molar-refractivity contribution < 1.29 is 33.0 Å². The smallest absolute Gasteiger partial charge is 0.351 e. The van der Waals surface area contributed by atoms with E-state index in [1.807, 2.05) is 13.8 Å². The van der Waals surface area contributed by atoms with Gasteiger partial charge in [-0.25, -0.2) is 4.79 Å². The van der Waals surface area contributed by atoms with E-state index in [1.54, 1.807) is 13.8 Å². The van der Waals surface area contributed by atoms with Crippen LogP contribution in [-0.2, 0) is 19.1 Å². The number of nitrogens with one attached hydrogen (secondary N) is 1. The highest BCUT2D eigenvalue weighted by molar-refractivity contribution is 5.91. The molecule has 2 rings (SSSR count). The lowest BCUT2D eigenvalue weighted by molar-refractivity contribution is -0.178. The van der Waals surface area contributed by atoms with Crippen LogP contribution in [0, 0.1) is 11.8 Å². The van der Waals surface area contributed by atoms with Gasteiger partial charge in [0.1, 0.15) is 18.0 Å². The maximum Gasteiger partial charge on any atom is 0.351 e. The van der Waals surface area contributed by atoms with Gasteiger partial charge in [-0.1, -0.05) is 40.5 Å². The third-order valence-electron chi connectivity index (χ3n) is 5.74. The van der Waals surface area contributed by atoms with Crippen LogP contribution in [0.15, 0.2) is 17.1 Å². The SMILES string of the molecule is CCCC(CCC)C(=O)Nc1ccn(C2OC(CO)C(OC(=O)[C@@H](N)C(C)C)C2(F)F)c(=O)n1.Cl. The molecule has 0 saturated carbocycles. The summed E-state index contributed by atoms with van der Waals surface area (Å²) >= 11 is 0. The van der Waals surface area contributed by atoms with Gasteiger partial charge in [0.05, 0.1) is 6.61 Å². The first-order chi connectivity index (χ1) is 16.0. The van der Waals surface area contributed by atoms with Gasteiger partial charge in [0, 0.05) is 12.1 Å². The largest absolute Gasteiger partial charge is 0.452 e. The first-order valence-electron chi connectivity index (χ1n) is 11.5. The molecule has 0 aliphatic carbocycles. The van der Waals surface area contributed by atoms with Crippen LogP contribution < -0.4 is 16.7 Å². The molecule has 3 unspecified atom stereocenters. The van der Waals surface area contributed by atoms with Crippen LogP contribution >= 0.6 is 12.4 Å². The van der Waals surface area contributed by atoms with Gasteiger partial charge in [-0.2, -0.15) is 13.8 Å². The molecule has 1 amide bonds. The number of ether oxygens (including phenoxy) is 2. The van der Waals surface area contributed by atoms with Crippen molar-refractivity contribution in [3.8, 4) is 0 Å². The van der Waals surface area contributed by atoms with Gasteiger partial charge in [0.25, 0.3) is 0 Å². The number of aliphatic hydroxyl groups is 1. The van der Waals surface area contributed by atoms with Crippen molar-refractivity contribution in [2.75, 3.05) is 11.9 Å². The fraction of sp³-hybridized carbons (Fsp3) is 0.727. The van der Waals surface area contributed by atoms with Crippen LogP contribution in [-0.4, -0.2) is 57.3 Å². The average Bonchev–Trinajstić information content (AvgIpc) is 3.02. The third kappa shape index (κ3) is 7.18. The van der Waals surface area contributed by atoms with Crippen LogP contribution in [0.25, 0.3) is 0 Å². The van der Waals surface area contributed by atoms with Gasteiger partial charge in [0.2, 0.25) is 12.1 Å². The molecule has 2 heterocycles. The number of esters is 1. The molecule has 0 spiro atoms. The third-order valence-corrected chi connectivity index (χ3v) is 5.74. The van der Waals surface area contributed by atoms with Gasteiger partial charge in [0.15, 0.2) is 6.10 Å². The second-order valence-corrected chi connectivity index (χ2v) is 8.78. The summed E-state index contributed by atoms with van der Waals surface area (Å²) in [7, 11) is 0. The number of halogens is 3. The van der Waals surface area contributed by atoms with Gasteiger partial charge >= 0.3 is 17.6 Å². The second-order valence-electron chi connectivity index (χ2n) is 8.78. The summed E-state index contributed by atoms with van der Waals surface area (Å²) in [6.45, 7) is 6.28. The van der Waals surface area contributed by atoms with Crippen molar-refractivity contribution in [2.24, 2.45) is 17.6 Å². The molecule has 1 saturated heterocycles. The molecule has 1 fully saturated rings. The lowest BCUT2D eigenvalue weighted by atomic mass is 9.97. The molecule has 4 N–H and O–H groups in total.